The Hall–Kier alpha value is 1.07. The normalized spacial score (nSPS) is 9.47. The Labute approximate surface area is 132 Å². The Balaban J connectivity index is -0.000000340. The van der Waals surface area contributed by atoms with Crippen LogP contribution in [0.2, 0.25) is 0 Å². The van der Waals surface area contributed by atoms with Crippen molar-refractivity contribution in [3.63, 3.8) is 0 Å². The van der Waals surface area contributed by atoms with Crippen LogP contribution >= 0.6 is 0 Å². The van der Waals surface area contributed by atoms with Gasteiger partial charge in [-0.15, -0.1) is 0 Å². The minimum absolute atomic E-state index is 0. The molecule has 3 nitrogen and oxygen atoms in total. The van der Waals surface area contributed by atoms with E-state index < -0.39 is 11.4 Å². The zero-order valence-electron chi connectivity index (χ0n) is 11.5. The molecule has 0 fully saturated rings. The van der Waals surface area contributed by atoms with Crippen molar-refractivity contribution in [2.24, 2.45) is 0 Å². The summed E-state index contributed by atoms with van der Waals surface area (Å²) in [6.07, 6.45) is 13.9. The molecule has 0 radical (unpaired) electrons. The van der Waals surface area contributed by atoms with E-state index in [9.17, 15) is 0 Å². The first-order valence-electron chi connectivity index (χ1n) is 6.24. The first kappa shape index (κ1) is 23.2. The SMILES string of the molecule is O=S(O)O.[CH2-]CCCCCCCCCCC.[Na+]. The molecule has 0 aromatic carbocycles. The van der Waals surface area contributed by atoms with Gasteiger partial charge in [0.2, 0.25) is 0 Å². The van der Waals surface area contributed by atoms with E-state index >= 15 is 0 Å². The molecule has 0 amide bonds. The summed E-state index contributed by atoms with van der Waals surface area (Å²) in [7, 11) is 0. The Morgan fingerprint density at radius 1 is 0.882 bits per heavy atom. The molecule has 100 valence electrons. The first-order valence-corrected chi connectivity index (χ1v) is 7.30. The van der Waals surface area contributed by atoms with Crippen molar-refractivity contribution in [2.45, 2.75) is 71.1 Å². The van der Waals surface area contributed by atoms with Gasteiger partial charge in [-0.3, -0.25) is 9.11 Å². The fourth-order valence-electron chi connectivity index (χ4n) is 1.49. The number of hydrogen-bond acceptors (Lipinski definition) is 1. The molecule has 0 heterocycles. The monoisotopic (exact) mass is 274 g/mol. The van der Waals surface area contributed by atoms with Crippen LogP contribution in [-0.4, -0.2) is 13.3 Å². The van der Waals surface area contributed by atoms with Gasteiger partial charge in [0.05, 0.1) is 0 Å². The quantitative estimate of drug-likeness (QED) is 0.289. The second kappa shape index (κ2) is 22.3. The Bertz CT molecular complexity index is 132. The molecule has 0 saturated heterocycles. The van der Waals surface area contributed by atoms with E-state index in [4.69, 9.17) is 13.3 Å². The van der Waals surface area contributed by atoms with E-state index in [0.717, 1.165) is 6.42 Å². The Kier molecular flexibility index (Phi) is 30.4. The van der Waals surface area contributed by atoms with Crippen LogP contribution in [-0.2, 0) is 11.4 Å². The zero-order valence-corrected chi connectivity index (χ0v) is 14.3. The van der Waals surface area contributed by atoms with Gasteiger partial charge in [0.15, 0.2) is 0 Å². The summed E-state index contributed by atoms with van der Waals surface area (Å²) in [5, 5.41) is 0. The third kappa shape index (κ3) is 38.2. The number of unbranched alkanes of at least 4 members (excludes halogenated alkanes) is 9. The van der Waals surface area contributed by atoms with E-state index in [1.165, 1.54) is 57.8 Å². The van der Waals surface area contributed by atoms with Crippen molar-refractivity contribution in [1.29, 1.82) is 0 Å². The molecule has 0 saturated carbocycles. The average molecular weight is 274 g/mol. The molecule has 5 heteroatoms. The van der Waals surface area contributed by atoms with E-state index in [1.54, 1.807) is 0 Å². The van der Waals surface area contributed by atoms with Crippen molar-refractivity contribution in [3.05, 3.63) is 6.92 Å². The summed E-state index contributed by atoms with van der Waals surface area (Å²) in [5.41, 5.74) is 0. The summed E-state index contributed by atoms with van der Waals surface area (Å²) < 4.78 is 22.8. The van der Waals surface area contributed by atoms with E-state index in [0.29, 0.717) is 0 Å². The molecule has 0 atom stereocenters. The molecule has 0 aliphatic carbocycles. The average Bonchev–Trinajstić information content (AvgIpc) is 2.21. The largest absolute Gasteiger partial charge is 1.00 e. The number of hydrogen-bond donors (Lipinski definition) is 2. The van der Waals surface area contributed by atoms with Crippen molar-refractivity contribution in [3.8, 4) is 0 Å². The van der Waals surface area contributed by atoms with Gasteiger partial charge in [-0.2, -0.15) is 10.6 Å². The summed E-state index contributed by atoms with van der Waals surface area (Å²) >= 11 is -2.61. The Morgan fingerprint density at radius 3 is 1.47 bits per heavy atom. The second-order valence-electron chi connectivity index (χ2n) is 3.91. The smallest absolute Gasteiger partial charge is 0.343 e. The van der Waals surface area contributed by atoms with Crippen molar-refractivity contribution in [1.82, 2.24) is 0 Å². The fourth-order valence-corrected chi connectivity index (χ4v) is 1.49. The molecule has 0 rings (SSSR count). The van der Waals surface area contributed by atoms with Gasteiger partial charge in [-0.05, 0) is 0 Å². The maximum atomic E-state index is 8.67. The van der Waals surface area contributed by atoms with E-state index in [2.05, 4.69) is 13.8 Å². The minimum atomic E-state index is -2.61. The zero-order chi connectivity index (χ0) is 12.6. The van der Waals surface area contributed by atoms with Gasteiger partial charge in [0, 0.05) is 0 Å². The third-order valence-electron chi connectivity index (χ3n) is 2.35. The van der Waals surface area contributed by atoms with Crippen LogP contribution in [0.5, 0.6) is 0 Å². The maximum Gasteiger partial charge on any atom is 1.00 e. The molecule has 0 unspecified atom stereocenters. The molecule has 0 spiro atoms. The van der Waals surface area contributed by atoms with Crippen LogP contribution in [0, 0.1) is 6.92 Å². The van der Waals surface area contributed by atoms with Crippen LogP contribution in [0.3, 0.4) is 0 Å². The standard InChI is InChI=1S/C12H25.Na.H2O3S/c1-3-5-7-9-11-12-10-8-6-4-2;;1-4(2)3/h1,3-12H2,2H3;;(H2,1,2,3)/q-1;+1;. The van der Waals surface area contributed by atoms with E-state index in [-0.39, 0.29) is 29.6 Å². The molecule has 0 aromatic heterocycles. The predicted molar refractivity (Wildman–Crippen MR) is 70.6 cm³/mol. The van der Waals surface area contributed by atoms with Gasteiger partial charge in [-0.1, -0.05) is 64.7 Å². The van der Waals surface area contributed by atoms with Crippen molar-refractivity contribution < 1.29 is 42.9 Å². The fraction of sp³-hybridized carbons (Fsp3) is 0.917. The second-order valence-corrected chi connectivity index (χ2v) is 4.37. The molecule has 0 aromatic rings. The third-order valence-corrected chi connectivity index (χ3v) is 2.35. The molecular formula is C12H27NaO3S. The van der Waals surface area contributed by atoms with Crippen molar-refractivity contribution in [2.75, 3.05) is 0 Å². The molecule has 0 bridgehead atoms. The summed E-state index contributed by atoms with van der Waals surface area (Å²) in [5.74, 6) is 0. The first-order chi connectivity index (χ1) is 7.65. The van der Waals surface area contributed by atoms with Gasteiger partial charge < -0.3 is 6.92 Å². The minimum Gasteiger partial charge on any atom is -0.343 e. The van der Waals surface area contributed by atoms with E-state index in [1.807, 2.05) is 0 Å². The number of rotatable bonds is 9. The maximum absolute atomic E-state index is 8.67. The molecule has 2 N–H and O–H groups in total. The summed E-state index contributed by atoms with van der Waals surface area (Å²) in [4.78, 5) is 0. The van der Waals surface area contributed by atoms with Crippen LogP contribution < -0.4 is 29.6 Å². The predicted octanol–water partition coefficient (Wildman–Crippen LogP) is 1.43. The summed E-state index contributed by atoms with van der Waals surface area (Å²) in [6, 6.07) is 0. The van der Waals surface area contributed by atoms with Crippen molar-refractivity contribution >= 4 is 11.4 Å². The Morgan fingerprint density at radius 2 is 1.18 bits per heavy atom. The van der Waals surface area contributed by atoms with Crippen LogP contribution in [0.1, 0.15) is 71.1 Å². The molecule has 0 aliphatic heterocycles. The topological polar surface area (TPSA) is 57.5 Å². The molecule has 17 heavy (non-hydrogen) atoms. The molecule has 0 aliphatic rings. The van der Waals surface area contributed by atoms with Crippen LogP contribution in [0.25, 0.3) is 0 Å². The van der Waals surface area contributed by atoms with Crippen LogP contribution in [0.15, 0.2) is 0 Å². The van der Waals surface area contributed by atoms with Crippen LogP contribution in [0.4, 0.5) is 0 Å². The van der Waals surface area contributed by atoms with Gasteiger partial charge >= 0.3 is 29.6 Å². The van der Waals surface area contributed by atoms with Gasteiger partial charge in [-0.25, -0.2) is 0 Å². The van der Waals surface area contributed by atoms with Gasteiger partial charge in [0.25, 0.3) is 11.4 Å². The summed E-state index contributed by atoms with van der Waals surface area (Å²) in [6.45, 7) is 6.12. The van der Waals surface area contributed by atoms with Gasteiger partial charge in [0.1, 0.15) is 0 Å². The molecular weight excluding hydrogens is 247 g/mol.